The first-order chi connectivity index (χ1) is 9.52. The summed E-state index contributed by atoms with van der Waals surface area (Å²) in [6, 6.07) is 2.35. The molecule has 1 aliphatic heterocycles. The van der Waals surface area contributed by atoms with E-state index in [0.717, 1.165) is 6.07 Å². The van der Waals surface area contributed by atoms with E-state index in [4.69, 9.17) is 14.6 Å². The fraction of sp³-hybridized carbons (Fsp3) is 0.462. The van der Waals surface area contributed by atoms with Crippen LogP contribution in [0.1, 0.15) is 5.56 Å². The Labute approximate surface area is 114 Å². The van der Waals surface area contributed by atoms with E-state index in [1.54, 1.807) is 4.90 Å². The minimum absolute atomic E-state index is 0.0694. The Kier molecular flexibility index (Phi) is 4.51. The van der Waals surface area contributed by atoms with Gasteiger partial charge in [0.2, 0.25) is 0 Å². The molecule has 1 fully saturated rings. The Balaban J connectivity index is 2.17. The Morgan fingerprint density at radius 3 is 2.95 bits per heavy atom. The lowest BCUT2D eigenvalue weighted by atomic mass is 10.1. The van der Waals surface area contributed by atoms with Gasteiger partial charge < -0.3 is 14.6 Å². The number of carboxylic acids is 1. The highest BCUT2D eigenvalue weighted by Crippen LogP contribution is 2.25. The number of nitrogens with zero attached hydrogens (tertiary/aromatic N) is 1. The average Bonchev–Trinajstić information content (AvgIpc) is 2.44. The second kappa shape index (κ2) is 6.15. The molecule has 1 saturated heterocycles. The Morgan fingerprint density at radius 2 is 2.30 bits per heavy atom. The predicted molar refractivity (Wildman–Crippen MR) is 65.6 cm³/mol. The van der Waals surface area contributed by atoms with Crippen molar-refractivity contribution in [2.24, 2.45) is 0 Å². The SMILES string of the molecule is COc1ccc(F)c(F)c1CN1CCOC(C(=O)O)C1. The first-order valence-corrected chi connectivity index (χ1v) is 6.10. The van der Waals surface area contributed by atoms with Gasteiger partial charge in [0, 0.05) is 25.2 Å². The zero-order valence-corrected chi connectivity index (χ0v) is 10.9. The maximum atomic E-state index is 13.8. The number of ether oxygens (including phenoxy) is 2. The van der Waals surface area contributed by atoms with Crippen LogP contribution in [0, 0.1) is 11.6 Å². The minimum atomic E-state index is -1.07. The summed E-state index contributed by atoms with van der Waals surface area (Å²) in [6.07, 6.45) is -0.952. The van der Waals surface area contributed by atoms with Crippen molar-refractivity contribution in [2.45, 2.75) is 12.6 Å². The molecule has 0 bridgehead atoms. The molecule has 1 heterocycles. The molecule has 1 N–H and O–H groups in total. The monoisotopic (exact) mass is 287 g/mol. The first kappa shape index (κ1) is 14.7. The fourth-order valence-electron chi connectivity index (χ4n) is 2.13. The van der Waals surface area contributed by atoms with Crippen LogP contribution in [0.5, 0.6) is 5.75 Å². The number of hydrogen-bond acceptors (Lipinski definition) is 4. The predicted octanol–water partition coefficient (Wildman–Crippen LogP) is 1.26. The summed E-state index contributed by atoms with van der Waals surface area (Å²) >= 11 is 0. The summed E-state index contributed by atoms with van der Waals surface area (Å²) in [7, 11) is 1.37. The molecule has 0 saturated carbocycles. The van der Waals surface area contributed by atoms with Crippen LogP contribution in [0.3, 0.4) is 0 Å². The smallest absolute Gasteiger partial charge is 0.334 e. The van der Waals surface area contributed by atoms with Crippen molar-refractivity contribution in [1.29, 1.82) is 0 Å². The number of benzene rings is 1. The molecule has 1 unspecified atom stereocenters. The maximum absolute atomic E-state index is 13.8. The van der Waals surface area contributed by atoms with E-state index < -0.39 is 23.7 Å². The van der Waals surface area contributed by atoms with Gasteiger partial charge in [0.1, 0.15) is 5.75 Å². The first-order valence-electron chi connectivity index (χ1n) is 6.10. The zero-order valence-electron chi connectivity index (χ0n) is 10.9. The quantitative estimate of drug-likeness (QED) is 0.903. The van der Waals surface area contributed by atoms with E-state index in [2.05, 4.69) is 0 Å². The van der Waals surface area contributed by atoms with Crippen molar-refractivity contribution in [3.63, 3.8) is 0 Å². The largest absolute Gasteiger partial charge is 0.496 e. The molecular weight excluding hydrogens is 272 g/mol. The highest BCUT2D eigenvalue weighted by Gasteiger charge is 2.27. The van der Waals surface area contributed by atoms with Gasteiger partial charge in [0.25, 0.3) is 0 Å². The third-order valence-electron chi connectivity index (χ3n) is 3.18. The van der Waals surface area contributed by atoms with Gasteiger partial charge in [-0.3, -0.25) is 4.90 Å². The summed E-state index contributed by atoms with van der Waals surface area (Å²) in [6.45, 7) is 0.869. The van der Waals surface area contributed by atoms with Gasteiger partial charge in [0.15, 0.2) is 17.7 Å². The van der Waals surface area contributed by atoms with Crippen molar-refractivity contribution in [1.82, 2.24) is 4.90 Å². The fourth-order valence-corrected chi connectivity index (χ4v) is 2.13. The summed E-state index contributed by atoms with van der Waals surface area (Å²) in [5.41, 5.74) is 0.0820. The van der Waals surface area contributed by atoms with Crippen molar-refractivity contribution in [2.75, 3.05) is 26.8 Å². The van der Waals surface area contributed by atoms with E-state index in [9.17, 15) is 13.6 Å². The van der Waals surface area contributed by atoms with Gasteiger partial charge in [-0.05, 0) is 12.1 Å². The normalized spacial score (nSPS) is 19.9. The molecule has 2 rings (SSSR count). The van der Waals surface area contributed by atoms with Crippen molar-refractivity contribution < 1.29 is 28.2 Å². The van der Waals surface area contributed by atoms with Crippen LogP contribution in [-0.4, -0.2) is 48.9 Å². The molecule has 0 aromatic heterocycles. The molecule has 1 atom stereocenters. The van der Waals surface area contributed by atoms with Crippen molar-refractivity contribution in [3.8, 4) is 5.75 Å². The van der Waals surface area contributed by atoms with E-state index in [-0.39, 0.29) is 31.0 Å². The molecule has 1 aromatic carbocycles. The number of methoxy groups -OCH3 is 1. The van der Waals surface area contributed by atoms with Crippen LogP contribution in [0.4, 0.5) is 8.78 Å². The van der Waals surface area contributed by atoms with E-state index in [0.29, 0.717) is 6.54 Å². The summed E-state index contributed by atoms with van der Waals surface area (Å²) < 4.78 is 37.2. The molecule has 0 aliphatic carbocycles. The van der Waals surface area contributed by atoms with Crippen LogP contribution in [-0.2, 0) is 16.1 Å². The Bertz CT molecular complexity index is 509. The zero-order chi connectivity index (χ0) is 14.7. The van der Waals surface area contributed by atoms with Crippen molar-refractivity contribution >= 4 is 5.97 Å². The highest BCUT2D eigenvalue weighted by atomic mass is 19.2. The maximum Gasteiger partial charge on any atom is 0.334 e. The lowest BCUT2D eigenvalue weighted by Gasteiger charge is -2.31. The molecule has 0 spiro atoms. The second-order valence-electron chi connectivity index (χ2n) is 4.47. The number of carboxylic acid groups (broad SMARTS) is 1. The van der Waals surface area contributed by atoms with Crippen LogP contribution < -0.4 is 4.74 Å². The standard InChI is InChI=1S/C13H15F2NO4/c1-19-10-3-2-9(14)12(15)8(10)6-16-4-5-20-11(7-16)13(17)18/h2-3,11H,4-7H2,1H3,(H,17,18). The number of rotatable bonds is 4. The van der Waals surface area contributed by atoms with E-state index in [1.807, 2.05) is 0 Å². The van der Waals surface area contributed by atoms with Crippen molar-refractivity contribution in [3.05, 3.63) is 29.3 Å². The van der Waals surface area contributed by atoms with Gasteiger partial charge >= 0.3 is 5.97 Å². The van der Waals surface area contributed by atoms with Crippen LogP contribution in [0.25, 0.3) is 0 Å². The molecule has 0 amide bonds. The van der Waals surface area contributed by atoms with Gasteiger partial charge in [-0.25, -0.2) is 13.6 Å². The number of hydrogen-bond donors (Lipinski definition) is 1. The van der Waals surface area contributed by atoms with Gasteiger partial charge in [-0.1, -0.05) is 0 Å². The minimum Gasteiger partial charge on any atom is -0.496 e. The van der Waals surface area contributed by atoms with Gasteiger partial charge in [-0.15, -0.1) is 0 Å². The van der Waals surface area contributed by atoms with Gasteiger partial charge in [0.05, 0.1) is 13.7 Å². The second-order valence-corrected chi connectivity index (χ2v) is 4.47. The van der Waals surface area contributed by atoms with Crippen LogP contribution in [0.2, 0.25) is 0 Å². The molecule has 7 heteroatoms. The third kappa shape index (κ3) is 3.05. The highest BCUT2D eigenvalue weighted by molar-refractivity contribution is 5.72. The summed E-state index contributed by atoms with van der Waals surface area (Å²) in [5.74, 6) is -2.75. The van der Waals surface area contributed by atoms with E-state index >= 15 is 0 Å². The van der Waals surface area contributed by atoms with Crippen LogP contribution in [0.15, 0.2) is 12.1 Å². The lowest BCUT2D eigenvalue weighted by Crippen LogP contribution is -2.45. The summed E-state index contributed by atoms with van der Waals surface area (Å²) in [5, 5.41) is 8.91. The molecule has 1 aromatic rings. The third-order valence-corrected chi connectivity index (χ3v) is 3.18. The summed E-state index contributed by atoms with van der Waals surface area (Å²) in [4.78, 5) is 12.6. The number of morpholine rings is 1. The molecule has 1 aliphatic rings. The Hall–Kier alpha value is -1.73. The average molecular weight is 287 g/mol. The van der Waals surface area contributed by atoms with Gasteiger partial charge in [-0.2, -0.15) is 0 Å². The molecule has 110 valence electrons. The number of aliphatic carboxylic acids is 1. The van der Waals surface area contributed by atoms with Crippen LogP contribution >= 0.6 is 0 Å². The molecule has 0 radical (unpaired) electrons. The van der Waals surface area contributed by atoms with E-state index in [1.165, 1.54) is 13.2 Å². The molecule has 20 heavy (non-hydrogen) atoms. The molecule has 5 nitrogen and oxygen atoms in total. The lowest BCUT2D eigenvalue weighted by molar-refractivity contribution is -0.156. The topological polar surface area (TPSA) is 59.0 Å². The number of carbonyl (C=O) groups is 1. The number of halogens is 2. The molecular formula is C13H15F2NO4. The Morgan fingerprint density at radius 1 is 1.55 bits per heavy atom.